The molecule has 0 heterocycles. The normalized spacial score (nSPS) is 10.9. The Labute approximate surface area is 114 Å². The van der Waals surface area contributed by atoms with Gasteiger partial charge in [-0.15, -0.1) is 0 Å². The van der Waals surface area contributed by atoms with E-state index in [1.54, 1.807) is 0 Å². The third-order valence-electron chi connectivity index (χ3n) is 2.95. The Kier molecular flexibility index (Phi) is 6.10. The second-order valence-corrected chi connectivity index (χ2v) is 4.83. The fraction of sp³-hybridized carbons (Fsp3) is 0.538. The number of anilines is 1. The average Bonchev–Trinajstić information content (AvgIpc) is 2.34. The van der Waals surface area contributed by atoms with E-state index in [1.807, 2.05) is 18.2 Å². The lowest BCUT2D eigenvalue weighted by Gasteiger charge is -2.26. The van der Waals surface area contributed by atoms with Gasteiger partial charge in [-0.25, -0.2) is 0 Å². The van der Waals surface area contributed by atoms with Crippen LogP contribution in [-0.4, -0.2) is 38.1 Å². The van der Waals surface area contributed by atoms with Crippen LogP contribution < -0.4 is 4.90 Å². The van der Waals surface area contributed by atoms with Gasteiger partial charge in [-0.05, 0) is 32.6 Å². The Morgan fingerprint density at radius 2 is 1.76 bits per heavy atom. The van der Waals surface area contributed by atoms with Gasteiger partial charge in [0.05, 0.1) is 15.7 Å². The Morgan fingerprint density at radius 3 is 2.35 bits per heavy atom. The zero-order valence-corrected chi connectivity index (χ0v) is 12.2. The van der Waals surface area contributed by atoms with Crippen LogP contribution in [-0.2, 0) is 0 Å². The molecule has 0 atom stereocenters. The molecule has 17 heavy (non-hydrogen) atoms. The lowest BCUT2D eigenvalue weighted by molar-refractivity contribution is 0.359. The summed E-state index contributed by atoms with van der Waals surface area (Å²) in [5, 5.41) is 1.27. The van der Waals surface area contributed by atoms with Crippen LogP contribution in [0, 0.1) is 0 Å². The molecule has 0 N–H and O–H groups in total. The standard InChI is InChI=1S/C13H20Cl2N2/c1-4-16(3)9-10-17(5-2)12-8-6-7-11(14)13(12)15/h6-8H,4-5,9-10H2,1-3H3. The third-order valence-corrected chi connectivity index (χ3v) is 3.75. The van der Waals surface area contributed by atoms with Crippen LogP contribution in [0.5, 0.6) is 0 Å². The van der Waals surface area contributed by atoms with E-state index in [9.17, 15) is 0 Å². The van der Waals surface area contributed by atoms with Crippen molar-refractivity contribution in [3.8, 4) is 0 Å². The Hall–Kier alpha value is -0.440. The van der Waals surface area contributed by atoms with Crippen LogP contribution in [0.2, 0.25) is 10.0 Å². The highest BCUT2D eigenvalue weighted by Crippen LogP contribution is 2.32. The van der Waals surface area contributed by atoms with Crippen LogP contribution in [0.4, 0.5) is 5.69 Å². The van der Waals surface area contributed by atoms with Gasteiger partial charge in [-0.3, -0.25) is 0 Å². The molecular weight excluding hydrogens is 255 g/mol. The van der Waals surface area contributed by atoms with Crippen LogP contribution in [0.3, 0.4) is 0 Å². The monoisotopic (exact) mass is 274 g/mol. The quantitative estimate of drug-likeness (QED) is 0.779. The predicted octanol–water partition coefficient (Wildman–Crippen LogP) is 3.77. The van der Waals surface area contributed by atoms with Gasteiger partial charge in [0.25, 0.3) is 0 Å². The highest BCUT2D eigenvalue weighted by Gasteiger charge is 2.11. The van der Waals surface area contributed by atoms with Crippen molar-refractivity contribution in [2.75, 3.05) is 38.1 Å². The minimum absolute atomic E-state index is 0.617. The van der Waals surface area contributed by atoms with Crippen LogP contribution in [0.25, 0.3) is 0 Å². The van der Waals surface area contributed by atoms with Crippen LogP contribution in [0.1, 0.15) is 13.8 Å². The zero-order chi connectivity index (χ0) is 12.8. The molecule has 0 spiro atoms. The molecule has 0 aliphatic carbocycles. The molecule has 1 aromatic rings. The maximum Gasteiger partial charge on any atom is 0.0825 e. The van der Waals surface area contributed by atoms with Gasteiger partial charge < -0.3 is 9.80 Å². The van der Waals surface area contributed by atoms with Crippen molar-refractivity contribution in [3.63, 3.8) is 0 Å². The smallest absolute Gasteiger partial charge is 0.0825 e. The topological polar surface area (TPSA) is 6.48 Å². The summed E-state index contributed by atoms with van der Waals surface area (Å²) in [6.45, 7) is 8.25. The lowest BCUT2D eigenvalue weighted by atomic mass is 10.2. The van der Waals surface area contributed by atoms with E-state index in [4.69, 9.17) is 23.2 Å². The van der Waals surface area contributed by atoms with Crippen molar-refractivity contribution in [1.29, 1.82) is 0 Å². The molecule has 1 rings (SSSR count). The van der Waals surface area contributed by atoms with Gasteiger partial charge in [0.1, 0.15) is 0 Å². The minimum atomic E-state index is 0.617. The summed E-state index contributed by atoms with van der Waals surface area (Å²) in [5.74, 6) is 0. The molecule has 0 saturated carbocycles. The fourth-order valence-electron chi connectivity index (χ4n) is 1.64. The predicted molar refractivity (Wildman–Crippen MR) is 77.5 cm³/mol. The molecule has 0 saturated heterocycles. The van der Waals surface area contributed by atoms with Crippen molar-refractivity contribution in [3.05, 3.63) is 28.2 Å². The van der Waals surface area contributed by atoms with Crippen LogP contribution in [0.15, 0.2) is 18.2 Å². The van der Waals surface area contributed by atoms with E-state index in [-0.39, 0.29) is 0 Å². The van der Waals surface area contributed by atoms with E-state index in [0.29, 0.717) is 10.0 Å². The molecule has 96 valence electrons. The van der Waals surface area contributed by atoms with Crippen molar-refractivity contribution < 1.29 is 0 Å². The van der Waals surface area contributed by atoms with Crippen molar-refractivity contribution in [1.82, 2.24) is 4.90 Å². The van der Waals surface area contributed by atoms with Crippen molar-refractivity contribution >= 4 is 28.9 Å². The van der Waals surface area contributed by atoms with E-state index < -0.39 is 0 Å². The third kappa shape index (κ3) is 4.06. The van der Waals surface area contributed by atoms with E-state index >= 15 is 0 Å². The molecule has 0 radical (unpaired) electrons. The molecule has 0 bridgehead atoms. The fourth-order valence-corrected chi connectivity index (χ4v) is 2.05. The van der Waals surface area contributed by atoms with E-state index in [0.717, 1.165) is 31.9 Å². The Bertz CT molecular complexity index is 355. The molecular formula is C13H20Cl2N2. The van der Waals surface area contributed by atoms with Gasteiger partial charge in [-0.2, -0.15) is 0 Å². The number of hydrogen-bond acceptors (Lipinski definition) is 2. The summed E-state index contributed by atoms with van der Waals surface area (Å²) in [5.41, 5.74) is 1.02. The van der Waals surface area contributed by atoms with Gasteiger partial charge in [-0.1, -0.05) is 36.2 Å². The lowest BCUT2D eigenvalue weighted by Crippen LogP contribution is -2.33. The Balaban J connectivity index is 2.76. The number of nitrogens with zero attached hydrogens (tertiary/aromatic N) is 2. The molecule has 0 aliphatic rings. The van der Waals surface area contributed by atoms with Crippen LogP contribution >= 0.6 is 23.2 Å². The molecule has 0 unspecified atom stereocenters. The summed E-state index contributed by atoms with van der Waals surface area (Å²) < 4.78 is 0. The molecule has 0 amide bonds. The molecule has 1 aromatic carbocycles. The first kappa shape index (κ1) is 14.6. The second kappa shape index (κ2) is 7.10. The number of hydrogen-bond donors (Lipinski definition) is 0. The highest BCUT2D eigenvalue weighted by atomic mass is 35.5. The van der Waals surface area contributed by atoms with Crippen molar-refractivity contribution in [2.45, 2.75) is 13.8 Å². The number of rotatable bonds is 6. The molecule has 0 aromatic heterocycles. The molecule has 0 fully saturated rings. The number of benzene rings is 1. The first-order valence-corrected chi connectivity index (χ1v) is 6.73. The zero-order valence-electron chi connectivity index (χ0n) is 10.7. The highest BCUT2D eigenvalue weighted by molar-refractivity contribution is 6.43. The molecule has 0 aliphatic heterocycles. The molecule has 4 heteroatoms. The van der Waals surface area contributed by atoms with Gasteiger partial charge in [0.2, 0.25) is 0 Å². The maximum atomic E-state index is 6.23. The van der Waals surface area contributed by atoms with Gasteiger partial charge >= 0.3 is 0 Å². The van der Waals surface area contributed by atoms with E-state index in [1.165, 1.54) is 0 Å². The number of likely N-dealkylation sites (N-methyl/N-ethyl adjacent to an activating group) is 2. The average molecular weight is 275 g/mol. The summed E-state index contributed by atoms with van der Waals surface area (Å²) in [6.07, 6.45) is 0. The second-order valence-electron chi connectivity index (χ2n) is 4.05. The van der Waals surface area contributed by atoms with Gasteiger partial charge in [0, 0.05) is 19.6 Å². The number of halogens is 2. The maximum absolute atomic E-state index is 6.23. The summed E-state index contributed by atoms with van der Waals surface area (Å²) in [7, 11) is 2.12. The Morgan fingerprint density at radius 1 is 1.06 bits per heavy atom. The molecule has 2 nitrogen and oxygen atoms in total. The van der Waals surface area contributed by atoms with Gasteiger partial charge in [0.15, 0.2) is 0 Å². The summed E-state index contributed by atoms with van der Waals surface area (Å²) >= 11 is 12.3. The minimum Gasteiger partial charge on any atom is -0.369 e. The SMILES string of the molecule is CCN(C)CCN(CC)c1cccc(Cl)c1Cl. The first-order chi connectivity index (χ1) is 8.10. The van der Waals surface area contributed by atoms with E-state index in [2.05, 4.69) is 30.7 Å². The summed E-state index contributed by atoms with van der Waals surface area (Å²) in [6, 6.07) is 5.78. The van der Waals surface area contributed by atoms with Crippen molar-refractivity contribution in [2.24, 2.45) is 0 Å². The summed E-state index contributed by atoms with van der Waals surface area (Å²) in [4.78, 5) is 4.53. The largest absolute Gasteiger partial charge is 0.369 e. The first-order valence-electron chi connectivity index (χ1n) is 5.97.